The molecule has 0 N–H and O–H groups in total. The Morgan fingerprint density at radius 3 is 2.68 bits per heavy atom. The molecule has 0 unspecified atom stereocenters. The number of nitrogens with zero attached hydrogens (tertiary/aromatic N) is 1. The number of rotatable bonds is 1. The van der Waals surface area contributed by atoms with Crippen molar-refractivity contribution in [2.24, 2.45) is 11.3 Å². The highest BCUT2D eigenvalue weighted by Gasteiger charge is 2.52. The molecule has 3 aliphatic carbocycles. The molecule has 0 radical (unpaired) electrons. The first-order valence-electron chi connectivity index (χ1n) is 7.20. The van der Waals surface area contributed by atoms with Crippen molar-refractivity contribution in [1.29, 1.82) is 0 Å². The summed E-state index contributed by atoms with van der Waals surface area (Å²) in [6, 6.07) is 12.9. The van der Waals surface area contributed by atoms with Gasteiger partial charge in [0.25, 0.3) is 0 Å². The Morgan fingerprint density at radius 1 is 1.16 bits per heavy atom. The molecule has 0 aliphatic heterocycles. The lowest BCUT2D eigenvalue weighted by Gasteiger charge is -2.57. The van der Waals surface area contributed by atoms with Gasteiger partial charge in [-0.2, -0.15) is 0 Å². The van der Waals surface area contributed by atoms with E-state index >= 15 is 0 Å². The van der Waals surface area contributed by atoms with E-state index < -0.39 is 0 Å². The molecule has 0 spiro atoms. The second-order valence-electron chi connectivity index (χ2n) is 6.65. The van der Waals surface area contributed by atoms with E-state index in [-0.39, 0.29) is 0 Å². The van der Waals surface area contributed by atoms with E-state index in [2.05, 4.69) is 61.4 Å². The van der Waals surface area contributed by atoms with Crippen molar-refractivity contribution < 1.29 is 0 Å². The highest BCUT2D eigenvalue weighted by atomic mass is 14.7. The van der Waals surface area contributed by atoms with E-state index in [0.717, 1.165) is 17.5 Å². The maximum atomic E-state index is 4.67. The molecule has 1 aromatic heterocycles. The molecule has 1 saturated carbocycles. The molecule has 96 valence electrons. The van der Waals surface area contributed by atoms with Crippen molar-refractivity contribution in [2.45, 2.75) is 32.6 Å². The summed E-state index contributed by atoms with van der Waals surface area (Å²) < 4.78 is 0. The fourth-order valence-electron chi connectivity index (χ4n) is 3.92. The van der Waals surface area contributed by atoms with Crippen molar-refractivity contribution >= 4 is 0 Å². The molecule has 1 nitrogen and oxygen atoms in total. The van der Waals surface area contributed by atoms with Gasteiger partial charge < -0.3 is 0 Å². The van der Waals surface area contributed by atoms with Crippen LogP contribution in [0.2, 0.25) is 0 Å². The third-order valence-electron chi connectivity index (χ3n) is 5.40. The fourth-order valence-corrected chi connectivity index (χ4v) is 3.92. The van der Waals surface area contributed by atoms with E-state index in [4.69, 9.17) is 0 Å². The quantitative estimate of drug-likeness (QED) is 0.728. The lowest BCUT2D eigenvalue weighted by atomic mass is 9.47. The van der Waals surface area contributed by atoms with Gasteiger partial charge in [0.15, 0.2) is 0 Å². The summed E-state index contributed by atoms with van der Waals surface area (Å²) in [5.74, 6) is 1.61. The zero-order valence-electron chi connectivity index (χ0n) is 11.6. The molecule has 3 aliphatic rings. The van der Waals surface area contributed by atoms with Crippen molar-refractivity contribution in [3.63, 3.8) is 0 Å². The second-order valence-corrected chi connectivity index (χ2v) is 6.65. The Labute approximate surface area is 114 Å². The standard InChI is InChI=1S/C18H19N/c1-18(2)14-8-13-11-19-17(10-15(13)16(18)9-14)12-6-4-3-5-7-12/h3-7,10-11,14,16H,8-9H2,1-2H3/t14-,16-/m1/s1. The zero-order chi connectivity index (χ0) is 13.0. The largest absolute Gasteiger partial charge is 0.256 e. The maximum absolute atomic E-state index is 4.67. The predicted octanol–water partition coefficient (Wildman–Crippen LogP) is 4.43. The van der Waals surface area contributed by atoms with E-state index in [0.29, 0.717) is 5.41 Å². The minimum absolute atomic E-state index is 0.488. The molecule has 1 heterocycles. The van der Waals surface area contributed by atoms with Gasteiger partial charge >= 0.3 is 0 Å². The fraction of sp³-hybridized carbons (Fsp3) is 0.389. The Bertz CT molecular complexity index is 627. The van der Waals surface area contributed by atoms with Gasteiger partial charge in [-0.1, -0.05) is 44.2 Å². The first kappa shape index (κ1) is 11.2. The third kappa shape index (κ3) is 1.51. The van der Waals surface area contributed by atoms with Crippen LogP contribution < -0.4 is 0 Å². The predicted molar refractivity (Wildman–Crippen MR) is 78.0 cm³/mol. The molecule has 0 amide bonds. The molecule has 2 aromatic rings. The number of hydrogen-bond acceptors (Lipinski definition) is 1. The van der Waals surface area contributed by atoms with Crippen LogP contribution in [-0.4, -0.2) is 4.98 Å². The molecule has 2 atom stereocenters. The normalized spacial score (nSPS) is 26.4. The molecule has 1 heteroatoms. The first-order valence-corrected chi connectivity index (χ1v) is 7.20. The van der Waals surface area contributed by atoms with Crippen LogP contribution in [0.25, 0.3) is 11.3 Å². The number of hydrogen-bond donors (Lipinski definition) is 0. The van der Waals surface area contributed by atoms with E-state index in [1.165, 1.54) is 24.0 Å². The molecule has 5 rings (SSSR count). The smallest absolute Gasteiger partial charge is 0.0705 e. The van der Waals surface area contributed by atoms with Crippen molar-refractivity contribution in [3.05, 3.63) is 53.7 Å². The van der Waals surface area contributed by atoms with Gasteiger partial charge in [0.2, 0.25) is 0 Å². The Kier molecular flexibility index (Phi) is 2.18. The molecule has 1 aromatic carbocycles. The van der Waals surface area contributed by atoms with Gasteiger partial charge in [-0.3, -0.25) is 4.98 Å². The molecule has 0 saturated heterocycles. The van der Waals surface area contributed by atoms with Crippen LogP contribution in [0.4, 0.5) is 0 Å². The number of pyridine rings is 1. The Morgan fingerprint density at radius 2 is 1.95 bits per heavy atom. The highest BCUT2D eigenvalue weighted by molar-refractivity contribution is 5.61. The second kappa shape index (κ2) is 3.69. The summed E-state index contributed by atoms with van der Waals surface area (Å²) in [7, 11) is 0. The number of benzene rings is 1. The van der Waals surface area contributed by atoms with Gasteiger partial charge in [0.05, 0.1) is 5.69 Å². The van der Waals surface area contributed by atoms with Crippen molar-refractivity contribution in [2.75, 3.05) is 0 Å². The first-order chi connectivity index (χ1) is 9.16. The van der Waals surface area contributed by atoms with Gasteiger partial charge in [-0.05, 0) is 47.3 Å². The van der Waals surface area contributed by atoms with Crippen LogP contribution in [0.1, 0.15) is 37.3 Å². The van der Waals surface area contributed by atoms with E-state index in [1.54, 1.807) is 5.56 Å². The summed E-state index contributed by atoms with van der Waals surface area (Å²) in [5, 5.41) is 0. The van der Waals surface area contributed by atoms with Crippen LogP contribution in [0, 0.1) is 11.3 Å². The maximum Gasteiger partial charge on any atom is 0.0705 e. The van der Waals surface area contributed by atoms with Crippen LogP contribution >= 0.6 is 0 Å². The lowest BCUT2D eigenvalue weighted by molar-refractivity contribution is 0.0184. The van der Waals surface area contributed by atoms with Gasteiger partial charge in [-0.15, -0.1) is 0 Å². The van der Waals surface area contributed by atoms with Crippen LogP contribution in [-0.2, 0) is 6.42 Å². The minimum atomic E-state index is 0.488. The van der Waals surface area contributed by atoms with Crippen LogP contribution in [0.15, 0.2) is 42.6 Å². The Balaban J connectivity index is 1.81. The summed E-state index contributed by atoms with van der Waals surface area (Å²) >= 11 is 0. The summed E-state index contributed by atoms with van der Waals surface area (Å²) in [6.45, 7) is 4.86. The summed E-state index contributed by atoms with van der Waals surface area (Å²) in [6.07, 6.45) is 4.71. The third-order valence-corrected chi connectivity index (χ3v) is 5.40. The monoisotopic (exact) mass is 249 g/mol. The average Bonchev–Trinajstić information content (AvgIpc) is 2.46. The zero-order valence-corrected chi connectivity index (χ0v) is 11.6. The molecular formula is C18H19N. The van der Waals surface area contributed by atoms with Crippen molar-refractivity contribution in [3.8, 4) is 11.3 Å². The topological polar surface area (TPSA) is 12.9 Å². The van der Waals surface area contributed by atoms with Crippen LogP contribution in [0.5, 0.6) is 0 Å². The minimum Gasteiger partial charge on any atom is -0.256 e. The molecule has 19 heavy (non-hydrogen) atoms. The van der Waals surface area contributed by atoms with Crippen molar-refractivity contribution in [1.82, 2.24) is 4.98 Å². The summed E-state index contributed by atoms with van der Waals surface area (Å²) in [5.41, 5.74) is 5.88. The highest BCUT2D eigenvalue weighted by Crippen LogP contribution is 2.62. The Hall–Kier alpha value is -1.63. The number of aromatic nitrogens is 1. The van der Waals surface area contributed by atoms with Gasteiger partial charge in [0.1, 0.15) is 0 Å². The lowest BCUT2D eigenvalue weighted by Crippen LogP contribution is -2.48. The van der Waals surface area contributed by atoms with E-state index in [1.807, 2.05) is 0 Å². The van der Waals surface area contributed by atoms with Gasteiger partial charge in [-0.25, -0.2) is 0 Å². The molecule has 1 fully saturated rings. The van der Waals surface area contributed by atoms with Crippen LogP contribution in [0.3, 0.4) is 0 Å². The van der Waals surface area contributed by atoms with Gasteiger partial charge in [0, 0.05) is 11.8 Å². The molecular weight excluding hydrogens is 230 g/mol. The van der Waals surface area contributed by atoms with E-state index in [9.17, 15) is 0 Å². The molecule has 2 bridgehead atoms. The SMILES string of the molecule is CC1(C)[C@@H]2Cc3cnc(-c4ccccc4)cc3[C@H]1C2. The summed E-state index contributed by atoms with van der Waals surface area (Å²) in [4.78, 5) is 4.67. The average molecular weight is 249 g/mol.